The Kier molecular flexibility index (Phi) is 2.59. The van der Waals surface area contributed by atoms with Crippen LogP contribution in [0.3, 0.4) is 0 Å². The van der Waals surface area contributed by atoms with E-state index in [9.17, 15) is 4.79 Å². The van der Waals surface area contributed by atoms with Crippen LogP contribution in [0.15, 0.2) is 0 Å². The molecule has 1 aliphatic heterocycles. The predicted molar refractivity (Wildman–Crippen MR) is 44.3 cm³/mol. The minimum atomic E-state index is 0.227. The number of thioether (sulfide) groups is 1. The summed E-state index contributed by atoms with van der Waals surface area (Å²) in [5.41, 5.74) is 0. The highest BCUT2D eigenvalue weighted by Crippen LogP contribution is 2.28. The molecule has 0 spiro atoms. The van der Waals surface area contributed by atoms with E-state index < -0.39 is 0 Å². The molecule has 0 saturated carbocycles. The first-order chi connectivity index (χ1) is 4.22. The zero-order valence-corrected chi connectivity index (χ0v) is 7.67. The summed E-state index contributed by atoms with van der Waals surface area (Å²) >= 11 is 5.16. The van der Waals surface area contributed by atoms with Crippen molar-refractivity contribution in [1.82, 2.24) is 0 Å². The minimum Gasteiger partial charge on any atom is -0.298 e. The van der Waals surface area contributed by atoms with Crippen molar-refractivity contribution in [1.29, 1.82) is 0 Å². The lowest BCUT2D eigenvalue weighted by Gasteiger charge is -2.07. The normalized spacial score (nSPS) is 30.9. The fraction of sp³-hybridized carbons (Fsp3) is 0.833. The Bertz CT molecular complexity index is 124. The van der Waals surface area contributed by atoms with Crippen LogP contribution in [-0.2, 0) is 4.79 Å². The van der Waals surface area contributed by atoms with Crippen LogP contribution in [0.2, 0.25) is 0 Å². The van der Waals surface area contributed by atoms with E-state index in [1.54, 1.807) is 11.8 Å². The molecule has 1 rings (SSSR count). The third kappa shape index (κ3) is 1.71. The molecule has 1 aliphatic rings. The standard InChI is InChI=1S/C6H9BrOS/c1-4(7)6-5(8)2-3-9-6/h4,6H,2-3H2,1H3. The van der Waals surface area contributed by atoms with Crippen molar-refractivity contribution in [3.8, 4) is 0 Å². The van der Waals surface area contributed by atoms with Gasteiger partial charge in [-0.15, -0.1) is 11.8 Å². The van der Waals surface area contributed by atoms with Crippen LogP contribution in [0.25, 0.3) is 0 Å². The number of ketones is 1. The average Bonchev–Trinajstić information content (AvgIpc) is 2.13. The Morgan fingerprint density at radius 3 is 2.78 bits per heavy atom. The second kappa shape index (κ2) is 3.06. The Hall–Kier alpha value is 0.500. The topological polar surface area (TPSA) is 17.1 Å². The van der Waals surface area contributed by atoms with Gasteiger partial charge >= 0.3 is 0 Å². The molecule has 1 saturated heterocycles. The van der Waals surface area contributed by atoms with E-state index in [0.717, 1.165) is 12.2 Å². The van der Waals surface area contributed by atoms with Crippen molar-refractivity contribution >= 4 is 33.5 Å². The number of halogens is 1. The van der Waals surface area contributed by atoms with Gasteiger partial charge in [0, 0.05) is 17.0 Å². The van der Waals surface area contributed by atoms with Crippen LogP contribution in [0, 0.1) is 0 Å². The van der Waals surface area contributed by atoms with Crippen molar-refractivity contribution in [3.63, 3.8) is 0 Å². The molecule has 1 nitrogen and oxygen atoms in total. The highest BCUT2D eigenvalue weighted by atomic mass is 79.9. The maximum Gasteiger partial charge on any atom is 0.147 e. The number of Topliss-reactive ketones (excluding diaryl/α,β-unsaturated/α-hetero) is 1. The molecular weight excluding hydrogens is 200 g/mol. The zero-order valence-electron chi connectivity index (χ0n) is 5.26. The number of hydrogen-bond donors (Lipinski definition) is 0. The molecule has 3 heteroatoms. The maximum atomic E-state index is 11.0. The van der Waals surface area contributed by atoms with Crippen LogP contribution in [0.4, 0.5) is 0 Å². The van der Waals surface area contributed by atoms with Crippen molar-refractivity contribution in [2.45, 2.75) is 23.4 Å². The van der Waals surface area contributed by atoms with Gasteiger partial charge in [-0.2, -0.15) is 0 Å². The lowest BCUT2D eigenvalue weighted by Crippen LogP contribution is -2.19. The van der Waals surface area contributed by atoms with E-state index >= 15 is 0 Å². The molecule has 9 heavy (non-hydrogen) atoms. The van der Waals surface area contributed by atoms with Gasteiger partial charge in [0.1, 0.15) is 5.78 Å². The van der Waals surface area contributed by atoms with Crippen LogP contribution in [0.1, 0.15) is 13.3 Å². The summed E-state index contributed by atoms with van der Waals surface area (Å²) in [6.07, 6.45) is 0.769. The van der Waals surface area contributed by atoms with Gasteiger partial charge in [0.05, 0.1) is 5.25 Å². The molecule has 0 N–H and O–H groups in total. The second-order valence-corrected chi connectivity index (χ2v) is 4.88. The highest BCUT2D eigenvalue weighted by molar-refractivity contribution is 9.09. The predicted octanol–water partition coefficient (Wildman–Crippen LogP) is 1.84. The monoisotopic (exact) mass is 208 g/mol. The summed E-state index contributed by atoms with van der Waals surface area (Å²) in [6, 6.07) is 0. The Labute approximate surface area is 67.7 Å². The lowest BCUT2D eigenvalue weighted by atomic mass is 10.2. The summed E-state index contributed by atoms with van der Waals surface area (Å²) in [7, 11) is 0. The number of alkyl halides is 1. The number of carbonyl (C=O) groups is 1. The van der Waals surface area contributed by atoms with Gasteiger partial charge in [-0.05, 0) is 0 Å². The molecule has 2 atom stereocenters. The first-order valence-electron chi connectivity index (χ1n) is 3.00. The van der Waals surface area contributed by atoms with Gasteiger partial charge < -0.3 is 0 Å². The second-order valence-electron chi connectivity index (χ2n) is 2.19. The molecule has 52 valence electrons. The summed E-state index contributed by atoms with van der Waals surface area (Å²) in [5, 5.41) is 0.227. The SMILES string of the molecule is CC(Br)C1SCCC1=O. The molecule has 0 bridgehead atoms. The lowest BCUT2D eigenvalue weighted by molar-refractivity contribution is -0.117. The Morgan fingerprint density at radius 2 is 2.56 bits per heavy atom. The third-order valence-electron chi connectivity index (χ3n) is 1.38. The molecule has 2 unspecified atom stereocenters. The number of rotatable bonds is 1. The average molecular weight is 209 g/mol. The fourth-order valence-corrected chi connectivity index (χ4v) is 2.81. The van der Waals surface area contributed by atoms with Crippen LogP contribution in [-0.4, -0.2) is 21.6 Å². The van der Waals surface area contributed by atoms with Gasteiger partial charge in [-0.1, -0.05) is 22.9 Å². The van der Waals surface area contributed by atoms with Crippen LogP contribution in [0.5, 0.6) is 0 Å². The van der Waals surface area contributed by atoms with E-state index in [-0.39, 0.29) is 5.25 Å². The van der Waals surface area contributed by atoms with Crippen LogP contribution < -0.4 is 0 Å². The third-order valence-corrected chi connectivity index (χ3v) is 3.73. The first kappa shape index (κ1) is 7.61. The molecule has 0 radical (unpaired) electrons. The summed E-state index contributed by atoms with van der Waals surface area (Å²) in [5.74, 6) is 1.42. The van der Waals surface area contributed by atoms with E-state index in [0.29, 0.717) is 10.6 Å². The molecule has 0 aliphatic carbocycles. The van der Waals surface area contributed by atoms with Crippen LogP contribution >= 0.6 is 27.7 Å². The largest absolute Gasteiger partial charge is 0.298 e. The molecule has 0 amide bonds. The van der Waals surface area contributed by atoms with Gasteiger partial charge in [-0.25, -0.2) is 0 Å². The van der Waals surface area contributed by atoms with E-state index in [1.165, 1.54) is 0 Å². The van der Waals surface area contributed by atoms with E-state index in [2.05, 4.69) is 15.9 Å². The van der Waals surface area contributed by atoms with E-state index in [1.807, 2.05) is 6.92 Å². The summed E-state index contributed by atoms with van der Waals surface area (Å²) < 4.78 is 0. The van der Waals surface area contributed by atoms with E-state index in [4.69, 9.17) is 0 Å². The van der Waals surface area contributed by atoms with Gasteiger partial charge in [0.2, 0.25) is 0 Å². The van der Waals surface area contributed by atoms with Gasteiger partial charge in [-0.3, -0.25) is 4.79 Å². The van der Waals surface area contributed by atoms with Crippen molar-refractivity contribution in [3.05, 3.63) is 0 Å². The zero-order chi connectivity index (χ0) is 6.85. The highest BCUT2D eigenvalue weighted by Gasteiger charge is 2.28. The maximum absolute atomic E-state index is 11.0. The summed E-state index contributed by atoms with van der Waals surface area (Å²) in [6.45, 7) is 2.03. The van der Waals surface area contributed by atoms with Gasteiger partial charge in [0.15, 0.2) is 0 Å². The van der Waals surface area contributed by atoms with Gasteiger partial charge in [0.25, 0.3) is 0 Å². The number of carbonyl (C=O) groups excluding carboxylic acids is 1. The molecule has 0 aromatic heterocycles. The molecular formula is C6H9BrOS. The van der Waals surface area contributed by atoms with Crippen molar-refractivity contribution in [2.24, 2.45) is 0 Å². The minimum absolute atomic E-state index is 0.227. The molecule has 1 heterocycles. The number of hydrogen-bond acceptors (Lipinski definition) is 2. The Balaban J connectivity index is 2.49. The Morgan fingerprint density at radius 1 is 1.89 bits per heavy atom. The van der Waals surface area contributed by atoms with Crippen molar-refractivity contribution in [2.75, 3.05) is 5.75 Å². The molecule has 0 aromatic rings. The van der Waals surface area contributed by atoms with Crippen molar-refractivity contribution < 1.29 is 4.79 Å². The summed E-state index contributed by atoms with van der Waals surface area (Å²) in [4.78, 5) is 11.3. The molecule has 1 fully saturated rings. The smallest absolute Gasteiger partial charge is 0.147 e. The fourth-order valence-electron chi connectivity index (χ4n) is 0.910. The molecule has 0 aromatic carbocycles. The first-order valence-corrected chi connectivity index (χ1v) is 4.96. The quantitative estimate of drug-likeness (QED) is 0.613.